The molecule has 0 amide bonds. The molecule has 1 aliphatic carbocycles. The fraction of sp³-hybridized carbons (Fsp3) is 0.893. The second-order valence-corrected chi connectivity index (χ2v) is 14.6. The van der Waals surface area contributed by atoms with Crippen LogP contribution >= 0.6 is 11.9 Å². The van der Waals surface area contributed by atoms with E-state index in [1.165, 1.54) is 19.3 Å². The van der Waals surface area contributed by atoms with Crippen molar-refractivity contribution in [1.29, 1.82) is 0 Å². The van der Waals surface area contributed by atoms with E-state index in [9.17, 15) is 13.2 Å². The molecule has 0 aromatic carbocycles. The molecule has 0 spiro atoms. The van der Waals surface area contributed by atoms with E-state index in [-0.39, 0.29) is 43.7 Å². The predicted octanol–water partition coefficient (Wildman–Crippen LogP) is 4.73. The van der Waals surface area contributed by atoms with E-state index in [4.69, 9.17) is 4.74 Å². The molecule has 5 aliphatic rings. The lowest BCUT2D eigenvalue weighted by Crippen LogP contribution is -2.60. The predicted molar refractivity (Wildman–Crippen MR) is 150 cm³/mol. The Kier molecular flexibility index (Phi) is 8.15. The summed E-state index contributed by atoms with van der Waals surface area (Å²) in [6, 6.07) is 1.78. The minimum Gasteiger partial charge on any atom is -0.477 e. The van der Waals surface area contributed by atoms with Crippen LogP contribution in [0, 0.1) is 23.2 Å². The third-order valence-corrected chi connectivity index (χ3v) is 11.3. The van der Waals surface area contributed by atoms with Gasteiger partial charge in [-0.05, 0) is 77.0 Å². The van der Waals surface area contributed by atoms with Gasteiger partial charge in [0.05, 0.1) is 23.6 Å². The van der Waals surface area contributed by atoms with Crippen molar-refractivity contribution < 1.29 is 17.9 Å². The van der Waals surface area contributed by atoms with Crippen molar-refractivity contribution in [1.82, 2.24) is 35.2 Å². The number of halogens is 3. The normalized spacial score (nSPS) is 39.4. The molecule has 5 heterocycles. The Morgan fingerprint density at radius 2 is 2.00 bits per heavy atom. The summed E-state index contributed by atoms with van der Waals surface area (Å²) in [6.07, 6.45) is 4.08. The number of aromatic nitrogens is 2. The van der Waals surface area contributed by atoms with Crippen LogP contribution in [0.1, 0.15) is 78.3 Å². The smallest absolute Gasteiger partial charge is 0.394 e. The second kappa shape index (κ2) is 11.2. The highest BCUT2D eigenvalue weighted by Crippen LogP contribution is 2.59. The molecule has 0 radical (unpaired) electrons. The average molecular weight is 586 g/mol. The largest absolute Gasteiger partial charge is 0.477 e. The van der Waals surface area contributed by atoms with Crippen LogP contribution in [0.4, 0.5) is 13.2 Å². The highest BCUT2D eigenvalue weighted by Gasteiger charge is 2.62. The molecule has 3 N–H and O–H groups in total. The molecule has 8 nitrogen and oxygen atoms in total. The second-order valence-electron chi connectivity index (χ2n) is 13.6. The molecule has 8 unspecified atom stereocenters. The summed E-state index contributed by atoms with van der Waals surface area (Å²) in [5, 5.41) is 11.4. The van der Waals surface area contributed by atoms with Gasteiger partial charge >= 0.3 is 6.18 Å². The zero-order chi connectivity index (χ0) is 28.1. The first-order valence-electron chi connectivity index (χ1n) is 15.2. The number of nitrogens with one attached hydrogen (secondary N) is 3. The zero-order valence-electron chi connectivity index (χ0n) is 24.1. The molecule has 1 saturated carbocycles. The Labute approximate surface area is 240 Å². The van der Waals surface area contributed by atoms with Crippen molar-refractivity contribution in [3.8, 4) is 5.88 Å². The number of alkyl halides is 3. The Balaban J connectivity index is 1.12. The zero-order valence-corrected chi connectivity index (χ0v) is 24.9. The molecule has 8 atom stereocenters. The van der Waals surface area contributed by atoms with Crippen molar-refractivity contribution in [2.24, 2.45) is 23.2 Å². The number of rotatable bonds is 5. The quantitative estimate of drug-likeness (QED) is 0.429. The van der Waals surface area contributed by atoms with Gasteiger partial charge in [-0.2, -0.15) is 13.2 Å². The lowest BCUT2D eigenvalue weighted by Gasteiger charge is -2.47. The number of nitrogens with zero attached hydrogens (tertiary/aromatic N) is 4. The summed E-state index contributed by atoms with van der Waals surface area (Å²) in [4.78, 5) is 2.70. The molecule has 4 saturated heterocycles. The van der Waals surface area contributed by atoms with Gasteiger partial charge in [-0.25, -0.2) is 10.4 Å². The maximum atomic E-state index is 13.3. The van der Waals surface area contributed by atoms with Crippen molar-refractivity contribution in [2.45, 2.75) is 102 Å². The molecular weight excluding hydrogens is 539 g/mol. The molecular formula is C28H46F3N7OS. The average Bonchev–Trinajstić information content (AvgIpc) is 3.25. The van der Waals surface area contributed by atoms with E-state index in [1.807, 2.05) is 22.8 Å². The first kappa shape index (κ1) is 29.0. The van der Waals surface area contributed by atoms with Crippen LogP contribution in [0.15, 0.2) is 12.3 Å². The molecule has 226 valence electrons. The highest BCUT2D eigenvalue weighted by molar-refractivity contribution is 7.98. The molecule has 1 aromatic heterocycles. The third kappa shape index (κ3) is 6.04. The van der Waals surface area contributed by atoms with E-state index in [0.29, 0.717) is 29.0 Å². The van der Waals surface area contributed by atoms with Gasteiger partial charge in [-0.3, -0.25) is 19.6 Å². The number of piperidine rings is 1. The summed E-state index contributed by atoms with van der Waals surface area (Å²) in [5.41, 5.74) is 2.29. The first-order chi connectivity index (χ1) is 19.0. The molecule has 6 rings (SSSR count). The first-order valence-corrected chi connectivity index (χ1v) is 16.1. The van der Waals surface area contributed by atoms with Crippen LogP contribution in [-0.2, 0) is 0 Å². The van der Waals surface area contributed by atoms with Gasteiger partial charge in [-0.15, -0.1) is 5.10 Å². The summed E-state index contributed by atoms with van der Waals surface area (Å²) in [7, 11) is 0. The molecule has 12 heteroatoms. The molecule has 1 aromatic rings. The topological polar surface area (TPSA) is 69.6 Å². The summed E-state index contributed by atoms with van der Waals surface area (Å²) >= 11 is 1.83. The van der Waals surface area contributed by atoms with E-state index in [0.717, 1.165) is 39.0 Å². The fourth-order valence-electron chi connectivity index (χ4n) is 7.48. The van der Waals surface area contributed by atoms with E-state index >= 15 is 0 Å². The SMILES string of the molecule is CC1CN2CCCC3CN(C4NC(n5ccc(OCCC6(C(F)(F)F)CC6)n5)CCC4CNSC1N2)C(C)(C)C3. The number of hydrazine groups is 1. The number of hydrogen-bond acceptors (Lipinski definition) is 8. The molecule has 5 fully saturated rings. The van der Waals surface area contributed by atoms with Crippen LogP contribution < -0.4 is 20.2 Å². The van der Waals surface area contributed by atoms with Crippen LogP contribution in [0.5, 0.6) is 5.88 Å². The number of hydrogen-bond donors (Lipinski definition) is 3. The van der Waals surface area contributed by atoms with Crippen molar-refractivity contribution in [3.05, 3.63) is 12.3 Å². The van der Waals surface area contributed by atoms with Gasteiger partial charge in [-0.1, -0.05) is 18.9 Å². The lowest BCUT2D eigenvalue weighted by atomic mass is 9.90. The standard InChI is InChI=1S/C28H46F3N7OS/c1-19-17-36-12-4-5-20-15-26(2,3)37(18-20)24-21(16-32-40-25(19)35-36)6-7-22(33-24)38-13-8-23(34-38)39-14-11-27(9-10-27)28(29,30)31/h8,13,19-22,24-25,32-33,35H,4-7,9-12,14-18H2,1-3H3. The van der Waals surface area contributed by atoms with E-state index in [1.54, 1.807) is 6.07 Å². The van der Waals surface area contributed by atoms with Gasteiger partial charge in [0.1, 0.15) is 6.17 Å². The van der Waals surface area contributed by atoms with Crippen LogP contribution in [0.3, 0.4) is 0 Å². The summed E-state index contributed by atoms with van der Waals surface area (Å²) < 4.78 is 51.1. The third-order valence-electron chi connectivity index (χ3n) is 10.1. The van der Waals surface area contributed by atoms with E-state index in [2.05, 4.69) is 51.2 Å². The van der Waals surface area contributed by atoms with Gasteiger partial charge in [0, 0.05) is 49.9 Å². The molecule has 40 heavy (non-hydrogen) atoms. The minimum atomic E-state index is -4.15. The van der Waals surface area contributed by atoms with Crippen molar-refractivity contribution in [3.63, 3.8) is 0 Å². The van der Waals surface area contributed by atoms with Gasteiger partial charge in [0.15, 0.2) is 0 Å². The highest BCUT2D eigenvalue weighted by atomic mass is 32.2. The maximum Gasteiger partial charge on any atom is 0.394 e. The monoisotopic (exact) mass is 585 g/mol. The molecule has 4 bridgehead atoms. The summed E-state index contributed by atoms with van der Waals surface area (Å²) in [5.74, 6) is 2.15. The van der Waals surface area contributed by atoms with Crippen LogP contribution in [-0.4, -0.2) is 75.7 Å². The Morgan fingerprint density at radius 3 is 2.77 bits per heavy atom. The van der Waals surface area contributed by atoms with Crippen LogP contribution in [0.2, 0.25) is 0 Å². The van der Waals surface area contributed by atoms with Crippen molar-refractivity contribution in [2.75, 3.05) is 32.8 Å². The van der Waals surface area contributed by atoms with Crippen LogP contribution in [0.25, 0.3) is 0 Å². The number of fused-ring (bicyclic) bond motifs is 6. The number of ether oxygens (including phenoxy) is 1. The summed E-state index contributed by atoms with van der Waals surface area (Å²) in [6.45, 7) is 11.4. The van der Waals surface area contributed by atoms with Crippen molar-refractivity contribution >= 4 is 11.9 Å². The van der Waals surface area contributed by atoms with Gasteiger partial charge in [0.2, 0.25) is 5.88 Å². The maximum absolute atomic E-state index is 13.3. The molecule has 4 aliphatic heterocycles. The Hall–Kier alpha value is -1.05. The Bertz CT molecular complexity index is 1020. The minimum absolute atomic E-state index is 0.00179. The lowest BCUT2D eigenvalue weighted by molar-refractivity contribution is -0.190. The van der Waals surface area contributed by atoms with E-state index < -0.39 is 11.6 Å². The Morgan fingerprint density at radius 1 is 1.18 bits per heavy atom. The van der Waals surface area contributed by atoms with Gasteiger partial charge in [0.25, 0.3) is 0 Å². The van der Waals surface area contributed by atoms with Gasteiger partial charge < -0.3 is 4.74 Å². The fourth-order valence-corrected chi connectivity index (χ4v) is 8.49.